The number of hydrogen-bond acceptors (Lipinski definition) is 1. The molecule has 0 heterocycles. The van der Waals surface area contributed by atoms with Gasteiger partial charge in [0.2, 0.25) is 0 Å². The highest BCUT2D eigenvalue weighted by atomic mass is 19.4. The molecule has 0 aliphatic heterocycles. The summed E-state index contributed by atoms with van der Waals surface area (Å²) in [5.74, 6) is 0. The minimum Gasteiger partial charge on any atom is -0.302 e. The molecule has 1 unspecified atom stereocenters. The zero-order valence-corrected chi connectivity index (χ0v) is 5.70. The Labute approximate surface area is 60.4 Å². The first-order chi connectivity index (χ1) is 4.77. The molecule has 1 rings (SSSR count). The lowest BCUT2D eigenvalue weighted by Gasteiger charge is -2.14. The lowest BCUT2D eigenvalue weighted by atomic mass is 10.1. The van der Waals surface area contributed by atoms with E-state index in [0.717, 1.165) is 6.92 Å². The van der Waals surface area contributed by atoms with Crippen LogP contribution in [0.25, 0.3) is 0 Å². The van der Waals surface area contributed by atoms with Crippen molar-refractivity contribution in [2.75, 3.05) is 0 Å². The molecule has 0 radical (unpaired) electrons. The first-order valence-electron chi connectivity index (χ1n) is 2.99. The summed E-state index contributed by atoms with van der Waals surface area (Å²) in [7, 11) is 0. The first-order valence-corrected chi connectivity index (χ1v) is 2.99. The Kier molecular flexibility index (Phi) is 1.36. The monoisotopic (exact) mass is 170 g/mol. The van der Waals surface area contributed by atoms with Crippen LogP contribution < -0.4 is 0 Å². The summed E-state index contributed by atoms with van der Waals surface area (Å²) in [5.41, 5.74) is -5.12. The van der Waals surface area contributed by atoms with Crippen LogP contribution >= 0.6 is 0 Å². The maximum Gasteiger partial charge on any atom is 0.404 e. The first kappa shape index (κ1) is 8.49. The van der Waals surface area contributed by atoms with Gasteiger partial charge in [0.25, 0.3) is 0 Å². The molecule has 1 aliphatic rings. The van der Waals surface area contributed by atoms with Crippen LogP contribution in [-0.4, -0.2) is 18.1 Å². The highest BCUT2D eigenvalue weighted by Crippen LogP contribution is 2.65. The average molecular weight is 170 g/mol. The minimum absolute atomic E-state index is 0.340. The van der Waals surface area contributed by atoms with Crippen molar-refractivity contribution in [2.24, 2.45) is 5.41 Å². The summed E-state index contributed by atoms with van der Waals surface area (Å²) in [4.78, 5) is 9.99. The van der Waals surface area contributed by atoms with E-state index in [9.17, 15) is 22.4 Å². The summed E-state index contributed by atoms with van der Waals surface area (Å²) in [6.07, 6.45) is -5.84. The number of hydrogen-bond donors (Lipinski definition) is 0. The summed E-state index contributed by atoms with van der Waals surface area (Å²) in [5, 5.41) is 0. The van der Waals surface area contributed by atoms with Crippen LogP contribution in [0.3, 0.4) is 0 Å². The number of aldehydes is 1. The molecule has 0 aromatic carbocycles. The quantitative estimate of drug-likeness (QED) is 0.433. The van der Waals surface area contributed by atoms with Crippen molar-refractivity contribution in [1.82, 2.24) is 0 Å². The van der Waals surface area contributed by atoms with Crippen LogP contribution in [-0.2, 0) is 4.79 Å². The van der Waals surface area contributed by atoms with Crippen LogP contribution in [0.2, 0.25) is 0 Å². The zero-order valence-electron chi connectivity index (χ0n) is 5.70. The third-order valence-electron chi connectivity index (χ3n) is 2.12. The molecule has 0 bridgehead atoms. The third-order valence-corrected chi connectivity index (χ3v) is 2.12. The Hall–Kier alpha value is -0.610. The van der Waals surface area contributed by atoms with Crippen molar-refractivity contribution >= 4 is 6.29 Å². The number of rotatable bonds is 1. The predicted octanol–water partition coefficient (Wildman–Crippen LogP) is 1.87. The van der Waals surface area contributed by atoms with Crippen molar-refractivity contribution in [3.05, 3.63) is 0 Å². The molecular weight excluding hydrogens is 164 g/mol. The van der Waals surface area contributed by atoms with Gasteiger partial charge < -0.3 is 4.79 Å². The minimum atomic E-state index is -4.75. The molecule has 11 heavy (non-hydrogen) atoms. The van der Waals surface area contributed by atoms with E-state index in [2.05, 4.69) is 0 Å². The van der Waals surface area contributed by atoms with Gasteiger partial charge in [-0.2, -0.15) is 13.2 Å². The summed E-state index contributed by atoms with van der Waals surface area (Å²) < 4.78 is 48.4. The zero-order chi connectivity index (χ0) is 8.91. The molecule has 5 heteroatoms. The van der Waals surface area contributed by atoms with E-state index < -0.39 is 23.7 Å². The van der Waals surface area contributed by atoms with Crippen LogP contribution in [0.5, 0.6) is 0 Å². The lowest BCUT2D eigenvalue weighted by molar-refractivity contribution is -0.193. The van der Waals surface area contributed by atoms with Gasteiger partial charge in [-0.05, 0) is 6.92 Å². The van der Waals surface area contributed by atoms with Gasteiger partial charge in [-0.3, -0.25) is 0 Å². The molecule has 64 valence electrons. The van der Waals surface area contributed by atoms with E-state index >= 15 is 0 Å². The van der Waals surface area contributed by atoms with E-state index in [1.807, 2.05) is 0 Å². The van der Waals surface area contributed by atoms with Gasteiger partial charge in [0, 0.05) is 6.42 Å². The van der Waals surface area contributed by atoms with E-state index in [0.29, 0.717) is 0 Å². The largest absolute Gasteiger partial charge is 0.404 e. The normalized spacial score (nSPS) is 43.7. The highest BCUT2D eigenvalue weighted by molar-refractivity contribution is 5.69. The fourth-order valence-corrected chi connectivity index (χ4v) is 1.11. The predicted molar refractivity (Wildman–Crippen MR) is 28.7 cm³/mol. The van der Waals surface area contributed by atoms with Gasteiger partial charge in [0.05, 0.1) is 0 Å². The Morgan fingerprint density at radius 3 is 1.82 bits per heavy atom. The summed E-state index contributed by atoms with van der Waals surface area (Å²) in [6.45, 7) is 0.787. The maximum atomic E-state index is 12.7. The van der Waals surface area contributed by atoms with E-state index in [-0.39, 0.29) is 6.29 Å². The number of carbonyl (C=O) groups excluding carboxylic acids is 1. The second-order valence-electron chi connectivity index (χ2n) is 2.96. The van der Waals surface area contributed by atoms with Gasteiger partial charge in [-0.15, -0.1) is 0 Å². The molecule has 0 spiro atoms. The van der Waals surface area contributed by atoms with E-state index in [1.165, 1.54) is 0 Å². The van der Waals surface area contributed by atoms with Gasteiger partial charge in [0.1, 0.15) is 12.0 Å². The van der Waals surface area contributed by atoms with Crippen LogP contribution in [0.15, 0.2) is 0 Å². The number of alkyl halides is 4. The van der Waals surface area contributed by atoms with Gasteiger partial charge in [-0.25, -0.2) is 4.39 Å². The van der Waals surface area contributed by atoms with Gasteiger partial charge >= 0.3 is 6.18 Å². The Balaban J connectivity index is 2.93. The molecule has 1 nitrogen and oxygen atoms in total. The Morgan fingerprint density at radius 2 is 1.82 bits per heavy atom. The fraction of sp³-hybridized carbons (Fsp3) is 0.833. The average Bonchev–Trinajstić information content (AvgIpc) is 2.33. The van der Waals surface area contributed by atoms with Crippen LogP contribution in [0.1, 0.15) is 13.3 Å². The molecule has 0 amide bonds. The Bertz CT molecular complexity index is 195. The molecule has 1 aliphatic carbocycles. The third kappa shape index (κ3) is 0.862. The van der Waals surface area contributed by atoms with Gasteiger partial charge in [-0.1, -0.05) is 0 Å². The SMILES string of the molecule is C[C@]1(F)CC1(C=O)C(F)(F)F. The summed E-state index contributed by atoms with van der Waals surface area (Å²) in [6, 6.07) is 0. The number of carbonyl (C=O) groups is 1. The fourth-order valence-electron chi connectivity index (χ4n) is 1.11. The van der Waals surface area contributed by atoms with Crippen LogP contribution in [0.4, 0.5) is 17.6 Å². The lowest BCUT2D eigenvalue weighted by Crippen LogP contribution is -2.32. The molecule has 1 saturated carbocycles. The second-order valence-corrected chi connectivity index (χ2v) is 2.96. The molecular formula is C6H6F4O. The molecule has 0 aromatic heterocycles. The second kappa shape index (κ2) is 1.76. The molecule has 2 atom stereocenters. The molecule has 0 N–H and O–H groups in total. The molecule has 0 aromatic rings. The number of halogens is 4. The molecule has 1 fully saturated rings. The molecule has 0 saturated heterocycles. The van der Waals surface area contributed by atoms with Gasteiger partial charge in [0.15, 0.2) is 5.41 Å². The smallest absolute Gasteiger partial charge is 0.302 e. The van der Waals surface area contributed by atoms with E-state index in [4.69, 9.17) is 0 Å². The van der Waals surface area contributed by atoms with Crippen molar-refractivity contribution in [3.63, 3.8) is 0 Å². The standard InChI is InChI=1S/C6H6F4O/c1-4(7)2-5(4,3-11)6(8,9)10/h3H,2H2,1H3/t4-,5?/m0/s1. The van der Waals surface area contributed by atoms with Crippen LogP contribution in [0, 0.1) is 5.41 Å². The highest BCUT2D eigenvalue weighted by Gasteiger charge is 2.79. The topological polar surface area (TPSA) is 17.1 Å². The summed E-state index contributed by atoms with van der Waals surface area (Å²) >= 11 is 0. The Morgan fingerprint density at radius 1 is 1.45 bits per heavy atom. The maximum absolute atomic E-state index is 12.7. The van der Waals surface area contributed by atoms with Crippen molar-refractivity contribution in [2.45, 2.75) is 25.2 Å². The van der Waals surface area contributed by atoms with E-state index in [1.54, 1.807) is 0 Å². The van der Waals surface area contributed by atoms with Crippen molar-refractivity contribution < 1.29 is 22.4 Å². The van der Waals surface area contributed by atoms with Crippen molar-refractivity contribution in [1.29, 1.82) is 0 Å². The van der Waals surface area contributed by atoms with Crippen molar-refractivity contribution in [3.8, 4) is 0 Å².